The van der Waals surface area contributed by atoms with Crippen LogP contribution in [0.3, 0.4) is 0 Å². The molecular formula is C48H65N5O9. The number of benzene rings is 3. The van der Waals surface area contributed by atoms with Crippen LogP contribution in [0, 0.1) is 5.92 Å². The number of alkyl carbamates (subject to hydrolysis) is 1. The van der Waals surface area contributed by atoms with Crippen LogP contribution in [0.15, 0.2) is 84.9 Å². The van der Waals surface area contributed by atoms with Gasteiger partial charge in [0.05, 0.1) is 19.8 Å². The van der Waals surface area contributed by atoms with Gasteiger partial charge in [-0.15, -0.1) is 0 Å². The van der Waals surface area contributed by atoms with Gasteiger partial charge in [-0.1, -0.05) is 118 Å². The maximum atomic E-state index is 15.7. The summed E-state index contributed by atoms with van der Waals surface area (Å²) in [4.78, 5) is 85.6. The van der Waals surface area contributed by atoms with Crippen molar-refractivity contribution in [3.05, 3.63) is 96.1 Å². The van der Waals surface area contributed by atoms with E-state index in [1.54, 1.807) is 45.0 Å². The number of amides is 6. The van der Waals surface area contributed by atoms with Crippen molar-refractivity contribution in [2.45, 2.75) is 110 Å². The van der Waals surface area contributed by atoms with E-state index in [1.165, 1.54) is 4.90 Å². The van der Waals surface area contributed by atoms with E-state index in [1.807, 2.05) is 74.5 Å². The predicted molar refractivity (Wildman–Crippen MR) is 237 cm³/mol. The largest absolute Gasteiger partial charge is 0.465 e. The van der Waals surface area contributed by atoms with Crippen molar-refractivity contribution in [1.82, 2.24) is 26.2 Å². The van der Waals surface area contributed by atoms with Crippen LogP contribution in [-0.4, -0.2) is 97.4 Å². The standard InChI is InChI=1S/C48H65N5O9/c1-6-8-12-25-41(54)52-48(32-37-23-17-18-24-39(37)36-21-15-11-16-22-36,38(34-61-42(55)26-9-7-2)33-49-46(59)62-47(3,4)5)44(57)50-40(31-35-19-13-10-14-20-35)43(56)51-45(58)53-27-29-60-30-28-53/h10-11,13-24,38,40H,6-9,12,25-34H2,1-5H3,(H,49,59)(H,50,57)(H,52,54)(H,51,56,58). The molecule has 62 heavy (non-hydrogen) atoms. The Balaban J connectivity index is 1.90. The molecule has 14 nitrogen and oxygen atoms in total. The van der Waals surface area contributed by atoms with Gasteiger partial charge in [0, 0.05) is 51.2 Å². The van der Waals surface area contributed by atoms with Crippen LogP contribution in [0.4, 0.5) is 9.59 Å². The first-order valence-corrected chi connectivity index (χ1v) is 21.8. The quantitative estimate of drug-likeness (QED) is 0.0687. The molecule has 6 amide bonds. The van der Waals surface area contributed by atoms with Gasteiger partial charge in [-0.3, -0.25) is 24.5 Å². The summed E-state index contributed by atoms with van der Waals surface area (Å²) < 4.78 is 16.9. The highest BCUT2D eigenvalue weighted by Gasteiger charge is 2.49. The monoisotopic (exact) mass is 855 g/mol. The highest BCUT2D eigenvalue weighted by molar-refractivity contribution is 6.01. The molecule has 0 aromatic heterocycles. The highest BCUT2D eigenvalue weighted by atomic mass is 16.6. The molecule has 0 spiro atoms. The van der Waals surface area contributed by atoms with Gasteiger partial charge in [-0.25, -0.2) is 9.59 Å². The summed E-state index contributed by atoms with van der Waals surface area (Å²) in [6.45, 7) is 9.66. The number of urea groups is 1. The predicted octanol–water partition coefficient (Wildman–Crippen LogP) is 6.50. The number of nitrogens with zero attached hydrogens (tertiary/aromatic N) is 1. The number of hydrogen-bond acceptors (Lipinski definition) is 9. The topological polar surface area (TPSA) is 181 Å². The van der Waals surface area contributed by atoms with E-state index >= 15 is 4.79 Å². The minimum absolute atomic E-state index is 0.0111. The molecule has 0 aliphatic carbocycles. The Hall–Kier alpha value is -5.76. The number of rotatable bonds is 21. The second-order valence-electron chi connectivity index (χ2n) is 16.7. The molecule has 0 radical (unpaired) electrons. The van der Waals surface area contributed by atoms with Gasteiger partial charge in [0.15, 0.2) is 0 Å². The third-order valence-corrected chi connectivity index (χ3v) is 10.5. The minimum atomic E-state index is -1.97. The number of ether oxygens (including phenoxy) is 3. The van der Waals surface area contributed by atoms with Crippen molar-refractivity contribution in [3.63, 3.8) is 0 Å². The number of unbranched alkanes of at least 4 members (excludes halogenated alkanes) is 3. The van der Waals surface area contributed by atoms with Crippen LogP contribution in [0.5, 0.6) is 0 Å². The molecule has 14 heteroatoms. The minimum Gasteiger partial charge on any atom is -0.465 e. The SMILES string of the molecule is CCCCCC(=O)NC(Cc1ccccc1-c1ccccc1)(C(=O)NC(Cc1ccccc1)C(=O)NC(=O)N1CCOCC1)C(CNC(=O)OC(C)(C)C)COC(=O)CCCC. The van der Waals surface area contributed by atoms with Gasteiger partial charge in [-0.2, -0.15) is 0 Å². The molecule has 1 fully saturated rings. The lowest BCUT2D eigenvalue weighted by Gasteiger charge is -2.41. The summed E-state index contributed by atoms with van der Waals surface area (Å²) in [5.41, 5.74) is 0.150. The molecule has 0 bridgehead atoms. The van der Waals surface area contributed by atoms with Gasteiger partial charge >= 0.3 is 18.1 Å². The van der Waals surface area contributed by atoms with Gasteiger partial charge in [0.1, 0.15) is 17.2 Å². The van der Waals surface area contributed by atoms with Crippen molar-refractivity contribution in [3.8, 4) is 11.1 Å². The van der Waals surface area contributed by atoms with Crippen molar-refractivity contribution in [2.24, 2.45) is 5.92 Å². The Morgan fingerprint density at radius 2 is 1.44 bits per heavy atom. The summed E-state index contributed by atoms with van der Waals surface area (Å²) in [6, 6.07) is 24.1. The number of carbonyl (C=O) groups is 6. The maximum absolute atomic E-state index is 15.7. The zero-order chi connectivity index (χ0) is 45.0. The number of nitrogens with one attached hydrogen (secondary N) is 4. The van der Waals surface area contributed by atoms with Crippen LogP contribution in [0.25, 0.3) is 11.1 Å². The molecule has 3 unspecified atom stereocenters. The van der Waals surface area contributed by atoms with Crippen molar-refractivity contribution >= 4 is 35.8 Å². The fourth-order valence-electron chi connectivity index (χ4n) is 7.20. The third kappa shape index (κ3) is 15.6. The van der Waals surface area contributed by atoms with Crippen molar-refractivity contribution in [1.29, 1.82) is 0 Å². The first-order valence-electron chi connectivity index (χ1n) is 21.8. The van der Waals surface area contributed by atoms with E-state index in [2.05, 4.69) is 21.3 Å². The Morgan fingerprint density at radius 1 is 0.790 bits per heavy atom. The third-order valence-electron chi connectivity index (χ3n) is 10.5. The Morgan fingerprint density at radius 3 is 2.10 bits per heavy atom. The molecule has 1 saturated heterocycles. The highest BCUT2D eigenvalue weighted by Crippen LogP contribution is 2.32. The molecule has 1 aliphatic heterocycles. The van der Waals surface area contributed by atoms with Crippen molar-refractivity contribution in [2.75, 3.05) is 39.5 Å². The Kier molecular flexibility index (Phi) is 19.4. The second kappa shape index (κ2) is 24.6. The number of hydrogen-bond donors (Lipinski definition) is 4. The van der Waals surface area contributed by atoms with Gasteiger partial charge in [0.25, 0.3) is 5.91 Å². The average Bonchev–Trinajstić information content (AvgIpc) is 3.25. The number of esters is 1. The first kappa shape index (κ1) is 48.9. The van der Waals surface area contributed by atoms with E-state index in [9.17, 15) is 24.0 Å². The normalized spacial score (nSPS) is 14.6. The molecule has 3 aromatic carbocycles. The lowest BCUT2D eigenvalue weighted by Crippen LogP contribution is -2.69. The number of imide groups is 1. The van der Waals surface area contributed by atoms with Gasteiger partial charge < -0.3 is 35.1 Å². The molecule has 4 rings (SSSR count). The molecule has 1 aliphatic rings. The number of carbonyl (C=O) groups excluding carboxylic acids is 6. The summed E-state index contributed by atoms with van der Waals surface area (Å²) >= 11 is 0. The summed E-state index contributed by atoms with van der Waals surface area (Å²) in [6.07, 6.45) is 2.72. The molecule has 3 aromatic rings. The Bertz CT molecular complexity index is 1910. The Labute approximate surface area is 366 Å². The molecule has 3 atom stereocenters. The van der Waals surface area contributed by atoms with Gasteiger partial charge in [-0.05, 0) is 55.9 Å². The summed E-state index contributed by atoms with van der Waals surface area (Å²) in [5.74, 6) is -3.61. The van der Waals surface area contributed by atoms with Crippen LogP contribution in [-0.2, 0) is 46.2 Å². The average molecular weight is 856 g/mol. The van der Waals surface area contributed by atoms with E-state index < -0.39 is 58.9 Å². The van der Waals surface area contributed by atoms with E-state index in [4.69, 9.17) is 14.2 Å². The molecular weight excluding hydrogens is 791 g/mol. The maximum Gasteiger partial charge on any atom is 0.407 e. The lowest BCUT2D eigenvalue weighted by atomic mass is 9.76. The second-order valence-corrected chi connectivity index (χ2v) is 16.7. The van der Waals surface area contributed by atoms with E-state index in [-0.39, 0.29) is 51.9 Å². The zero-order valence-corrected chi connectivity index (χ0v) is 37.0. The van der Waals surface area contributed by atoms with Crippen LogP contribution in [0.1, 0.15) is 90.7 Å². The first-order chi connectivity index (χ1) is 29.7. The van der Waals surface area contributed by atoms with E-state index in [0.717, 1.165) is 30.4 Å². The molecule has 0 saturated carbocycles. The van der Waals surface area contributed by atoms with Crippen LogP contribution < -0.4 is 21.3 Å². The fraction of sp³-hybridized carbons (Fsp3) is 0.500. The van der Waals surface area contributed by atoms with Crippen LogP contribution in [0.2, 0.25) is 0 Å². The smallest absolute Gasteiger partial charge is 0.407 e. The molecule has 336 valence electrons. The fourth-order valence-corrected chi connectivity index (χ4v) is 7.20. The summed E-state index contributed by atoms with van der Waals surface area (Å²) in [5, 5.41) is 11.3. The number of morpholine rings is 1. The molecule has 1 heterocycles. The van der Waals surface area contributed by atoms with Crippen LogP contribution >= 0.6 is 0 Å². The lowest BCUT2D eigenvalue weighted by molar-refractivity contribution is -0.149. The van der Waals surface area contributed by atoms with Gasteiger partial charge in [0.2, 0.25) is 11.8 Å². The summed E-state index contributed by atoms with van der Waals surface area (Å²) in [7, 11) is 0. The zero-order valence-electron chi connectivity index (χ0n) is 37.0. The molecule has 4 N–H and O–H groups in total. The van der Waals surface area contributed by atoms with Crippen molar-refractivity contribution < 1.29 is 43.0 Å². The van der Waals surface area contributed by atoms with E-state index in [0.29, 0.717) is 37.2 Å².